The van der Waals surface area contributed by atoms with Gasteiger partial charge in [0.1, 0.15) is 5.75 Å². The first kappa shape index (κ1) is 26.3. The van der Waals surface area contributed by atoms with Crippen LogP contribution in [0.5, 0.6) is 5.75 Å². The molecule has 0 spiro atoms. The van der Waals surface area contributed by atoms with Crippen LogP contribution in [0.3, 0.4) is 0 Å². The SMILES string of the molecule is [CH2]C(Cc1cc(C(F)(F)F)cc(C(F)(F)F)c1)(c1ccccc1OC)N1CCN(C(C)C)CC1. The van der Waals surface area contributed by atoms with Gasteiger partial charge in [-0.1, -0.05) is 18.2 Å². The van der Waals surface area contributed by atoms with Gasteiger partial charge in [0.05, 0.1) is 23.8 Å². The van der Waals surface area contributed by atoms with Crippen molar-refractivity contribution in [3.63, 3.8) is 0 Å². The average molecular weight is 488 g/mol. The highest BCUT2D eigenvalue weighted by molar-refractivity contribution is 5.43. The third-order valence-corrected chi connectivity index (χ3v) is 6.40. The molecule has 1 radical (unpaired) electrons. The Balaban J connectivity index is 2.10. The number of hydrogen-bond acceptors (Lipinski definition) is 3. The third-order valence-electron chi connectivity index (χ3n) is 6.40. The first-order valence-corrected chi connectivity index (χ1v) is 11.0. The van der Waals surface area contributed by atoms with Crippen LogP contribution in [0.1, 0.15) is 36.1 Å². The van der Waals surface area contributed by atoms with Crippen molar-refractivity contribution in [3.05, 3.63) is 71.6 Å². The lowest BCUT2D eigenvalue weighted by molar-refractivity contribution is -0.143. The third kappa shape index (κ3) is 5.68. The minimum atomic E-state index is -4.91. The molecule has 187 valence electrons. The van der Waals surface area contributed by atoms with E-state index in [0.717, 1.165) is 12.1 Å². The van der Waals surface area contributed by atoms with Gasteiger partial charge in [-0.25, -0.2) is 0 Å². The first-order valence-electron chi connectivity index (χ1n) is 11.0. The summed E-state index contributed by atoms with van der Waals surface area (Å²) >= 11 is 0. The molecule has 1 heterocycles. The Kier molecular flexibility index (Phi) is 7.57. The highest BCUT2D eigenvalue weighted by Crippen LogP contribution is 2.41. The smallest absolute Gasteiger partial charge is 0.416 e. The van der Waals surface area contributed by atoms with Gasteiger partial charge in [-0.15, -0.1) is 0 Å². The summed E-state index contributed by atoms with van der Waals surface area (Å²) in [6.07, 6.45) is -9.97. The Labute approximate surface area is 196 Å². The average Bonchev–Trinajstić information content (AvgIpc) is 2.77. The fourth-order valence-corrected chi connectivity index (χ4v) is 4.53. The summed E-state index contributed by atoms with van der Waals surface area (Å²) in [4.78, 5) is 4.29. The molecule has 1 fully saturated rings. The molecule has 3 nitrogen and oxygen atoms in total. The van der Waals surface area contributed by atoms with Crippen molar-refractivity contribution in [2.45, 2.75) is 44.2 Å². The van der Waals surface area contributed by atoms with Crippen molar-refractivity contribution in [2.75, 3.05) is 33.3 Å². The van der Waals surface area contributed by atoms with Crippen LogP contribution in [0, 0.1) is 6.92 Å². The van der Waals surface area contributed by atoms with Gasteiger partial charge in [0, 0.05) is 37.8 Å². The van der Waals surface area contributed by atoms with Gasteiger partial charge in [0.2, 0.25) is 0 Å². The van der Waals surface area contributed by atoms with E-state index >= 15 is 0 Å². The van der Waals surface area contributed by atoms with E-state index in [1.165, 1.54) is 7.11 Å². The van der Waals surface area contributed by atoms with Crippen LogP contribution in [-0.2, 0) is 24.3 Å². The number of ether oxygens (including phenoxy) is 1. The van der Waals surface area contributed by atoms with E-state index in [2.05, 4.69) is 25.7 Å². The standard InChI is InChI=1S/C25H29F6N2O/c1-17(2)32-9-11-33(12-10-32)23(3,21-7-5-6-8-22(21)34-4)16-18-13-19(24(26,27)28)15-20(14-18)25(29,30)31/h5-8,13-15,17H,3,9-12,16H2,1-2,4H3. The van der Waals surface area contributed by atoms with Gasteiger partial charge in [-0.2, -0.15) is 26.3 Å². The Bertz CT molecular complexity index is 948. The lowest BCUT2D eigenvalue weighted by atomic mass is 9.82. The molecule has 1 saturated heterocycles. The van der Waals surface area contributed by atoms with Crippen molar-refractivity contribution < 1.29 is 31.1 Å². The number of alkyl halides is 6. The molecule has 34 heavy (non-hydrogen) atoms. The Hall–Kier alpha value is -2.26. The fourth-order valence-electron chi connectivity index (χ4n) is 4.53. The number of benzene rings is 2. The summed E-state index contributed by atoms with van der Waals surface area (Å²) in [7, 11) is 1.47. The Morgan fingerprint density at radius 2 is 1.41 bits per heavy atom. The molecule has 0 bridgehead atoms. The molecular weight excluding hydrogens is 458 g/mol. The molecule has 0 aromatic heterocycles. The Morgan fingerprint density at radius 1 is 0.882 bits per heavy atom. The van der Waals surface area contributed by atoms with Crippen LogP contribution >= 0.6 is 0 Å². The summed E-state index contributed by atoms with van der Waals surface area (Å²) in [5.41, 5.74) is -3.27. The summed E-state index contributed by atoms with van der Waals surface area (Å²) < 4.78 is 86.3. The number of methoxy groups -OCH3 is 1. The van der Waals surface area contributed by atoms with Crippen LogP contribution in [0.2, 0.25) is 0 Å². The number of rotatable bonds is 6. The lowest BCUT2D eigenvalue weighted by Gasteiger charge is -2.47. The fraction of sp³-hybridized carbons (Fsp3) is 0.480. The molecule has 0 amide bonds. The molecule has 1 aliphatic heterocycles. The second-order valence-corrected chi connectivity index (χ2v) is 8.94. The summed E-state index contributed by atoms with van der Waals surface area (Å²) in [6.45, 7) is 11.1. The minimum absolute atomic E-state index is 0.0886. The van der Waals surface area contributed by atoms with Crippen LogP contribution in [0.4, 0.5) is 26.3 Å². The zero-order chi connectivity index (χ0) is 25.3. The zero-order valence-corrected chi connectivity index (χ0v) is 19.4. The van der Waals surface area contributed by atoms with E-state index in [-0.39, 0.29) is 18.1 Å². The van der Waals surface area contributed by atoms with E-state index < -0.39 is 29.0 Å². The van der Waals surface area contributed by atoms with Crippen molar-refractivity contribution in [2.24, 2.45) is 0 Å². The van der Waals surface area contributed by atoms with Crippen molar-refractivity contribution in [1.82, 2.24) is 9.80 Å². The minimum Gasteiger partial charge on any atom is -0.496 e. The number of halogens is 6. The second-order valence-electron chi connectivity index (χ2n) is 8.94. The van der Waals surface area contributed by atoms with Crippen molar-refractivity contribution in [3.8, 4) is 5.75 Å². The van der Waals surface area contributed by atoms with Crippen molar-refractivity contribution >= 4 is 0 Å². The van der Waals surface area contributed by atoms with E-state index in [1.807, 2.05) is 4.90 Å². The van der Waals surface area contributed by atoms with E-state index in [1.54, 1.807) is 24.3 Å². The monoisotopic (exact) mass is 487 g/mol. The predicted molar refractivity (Wildman–Crippen MR) is 118 cm³/mol. The molecule has 1 unspecified atom stereocenters. The molecule has 1 aliphatic rings. The number of para-hydroxylation sites is 1. The molecule has 2 aromatic carbocycles. The normalized spacial score (nSPS) is 18.2. The van der Waals surface area contributed by atoms with Gasteiger partial charge in [0.15, 0.2) is 0 Å². The van der Waals surface area contributed by atoms with Gasteiger partial charge < -0.3 is 4.74 Å². The molecular formula is C25H29F6N2O. The number of nitrogens with zero attached hydrogens (tertiary/aromatic N) is 2. The molecule has 9 heteroatoms. The van der Waals surface area contributed by atoms with Gasteiger partial charge in [-0.05, 0) is 57.0 Å². The molecule has 3 rings (SSSR count). The quantitative estimate of drug-likeness (QED) is 0.463. The van der Waals surface area contributed by atoms with Crippen LogP contribution < -0.4 is 4.74 Å². The van der Waals surface area contributed by atoms with E-state index in [9.17, 15) is 26.3 Å². The van der Waals surface area contributed by atoms with Crippen molar-refractivity contribution in [1.29, 1.82) is 0 Å². The van der Waals surface area contributed by atoms with Gasteiger partial charge >= 0.3 is 12.4 Å². The molecule has 0 N–H and O–H groups in total. The number of hydrogen-bond donors (Lipinski definition) is 0. The maximum atomic E-state index is 13.5. The highest BCUT2D eigenvalue weighted by Gasteiger charge is 2.41. The van der Waals surface area contributed by atoms with Gasteiger partial charge in [0.25, 0.3) is 0 Å². The summed E-state index contributed by atoms with van der Waals surface area (Å²) in [5.74, 6) is 0.479. The molecule has 0 aliphatic carbocycles. The van der Waals surface area contributed by atoms with Crippen LogP contribution in [0.15, 0.2) is 42.5 Å². The topological polar surface area (TPSA) is 15.7 Å². The zero-order valence-electron chi connectivity index (χ0n) is 19.4. The summed E-state index contributed by atoms with van der Waals surface area (Å²) in [5, 5.41) is 0. The van der Waals surface area contributed by atoms with Crippen LogP contribution in [0.25, 0.3) is 0 Å². The molecule has 1 atom stereocenters. The summed E-state index contributed by atoms with van der Waals surface area (Å²) in [6, 6.07) is 9.04. The highest BCUT2D eigenvalue weighted by atomic mass is 19.4. The lowest BCUT2D eigenvalue weighted by Crippen LogP contribution is -2.56. The molecule has 0 saturated carbocycles. The van der Waals surface area contributed by atoms with E-state index in [0.29, 0.717) is 43.5 Å². The number of piperazine rings is 1. The maximum absolute atomic E-state index is 13.5. The molecule has 2 aromatic rings. The van der Waals surface area contributed by atoms with Crippen LogP contribution in [-0.4, -0.2) is 49.1 Å². The predicted octanol–water partition coefficient (Wildman–Crippen LogP) is 6.03. The van der Waals surface area contributed by atoms with Gasteiger partial charge in [-0.3, -0.25) is 9.80 Å². The maximum Gasteiger partial charge on any atom is 0.416 e. The first-order chi connectivity index (χ1) is 15.8. The largest absolute Gasteiger partial charge is 0.496 e. The van der Waals surface area contributed by atoms with E-state index in [4.69, 9.17) is 4.74 Å². The Morgan fingerprint density at radius 3 is 1.88 bits per heavy atom. The second kappa shape index (κ2) is 9.77.